The van der Waals surface area contributed by atoms with Gasteiger partial charge in [-0.1, -0.05) is 0 Å². The Morgan fingerprint density at radius 1 is 1.71 bits per heavy atom. The molecule has 0 aliphatic heterocycles. The third-order valence-corrected chi connectivity index (χ3v) is 3.89. The Morgan fingerprint density at radius 3 is 3.07 bits per heavy atom. The molecule has 1 aliphatic carbocycles. The first-order valence-electron chi connectivity index (χ1n) is 4.55. The third-order valence-electron chi connectivity index (χ3n) is 2.61. The van der Waals surface area contributed by atoms with Crippen molar-refractivity contribution in [1.29, 1.82) is 0 Å². The van der Waals surface area contributed by atoms with Gasteiger partial charge in [0, 0.05) is 9.75 Å². The lowest BCUT2D eigenvalue weighted by Crippen LogP contribution is -2.25. The van der Waals surface area contributed by atoms with Gasteiger partial charge in [0.15, 0.2) is 0 Å². The first kappa shape index (κ1) is 9.68. The first-order chi connectivity index (χ1) is 6.51. The molecule has 1 aliphatic rings. The van der Waals surface area contributed by atoms with E-state index in [-0.39, 0.29) is 6.42 Å². The largest absolute Gasteiger partial charge is 0.481 e. The molecule has 1 unspecified atom stereocenters. The summed E-state index contributed by atoms with van der Waals surface area (Å²) in [6, 6.07) is 2.04. The lowest BCUT2D eigenvalue weighted by molar-refractivity contribution is -0.142. The highest BCUT2D eigenvalue weighted by molar-refractivity contribution is 7.12. The zero-order valence-electron chi connectivity index (χ0n) is 7.91. The predicted octanol–water partition coefficient (Wildman–Crippen LogP) is 1.67. The van der Waals surface area contributed by atoms with Gasteiger partial charge in [-0.25, -0.2) is 0 Å². The van der Waals surface area contributed by atoms with Crippen molar-refractivity contribution in [3.05, 3.63) is 21.4 Å². The van der Waals surface area contributed by atoms with Crippen LogP contribution in [-0.2, 0) is 16.8 Å². The monoisotopic (exact) mass is 212 g/mol. The van der Waals surface area contributed by atoms with Gasteiger partial charge in [-0.3, -0.25) is 4.79 Å². The average Bonchev–Trinajstić information content (AvgIpc) is 2.52. The Bertz CT molecular complexity index is 383. The quantitative estimate of drug-likeness (QED) is 0.784. The van der Waals surface area contributed by atoms with Crippen LogP contribution in [0.15, 0.2) is 6.07 Å². The fourth-order valence-electron chi connectivity index (χ4n) is 2.02. The second kappa shape index (κ2) is 3.07. The van der Waals surface area contributed by atoms with Gasteiger partial charge < -0.3 is 10.2 Å². The van der Waals surface area contributed by atoms with Crippen LogP contribution in [-0.4, -0.2) is 16.2 Å². The number of hydrogen-bond acceptors (Lipinski definition) is 3. The number of carbonyl (C=O) groups is 1. The van der Waals surface area contributed by atoms with Gasteiger partial charge in [-0.05, 0) is 31.4 Å². The summed E-state index contributed by atoms with van der Waals surface area (Å²) < 4.78 is 0. The van der Waals surface area contributed by atoms with Crippen molar-refractivity contribution in [2.75, 3.05) is 0 Å². The maximum absolute atomic E-state index is 10.6. The first-order valence-corrected chi connectivity index (χ1v) is 5.37. The smallest absolute Gasteiger partial charge is 0.306 e. The Hall–Kier alpha value is -0.870. The van der Waals surface area contributed by atoms with Crippen LogP contribution in [0.3, 0.4) is 0 Å². The zero-order chi connectivity index (χ0) is 10.3. The highest BCUT2D eigenvalue weighted by Crippen LogP contribution is 2.44. The predicted molar refractivity (Wildman–Crippen MR) is 53.5 cm³/mol. The number of rotatable bonds is 2. The molecule has 4 heteroatoms. The van der Waals surface area contributed by atoms with E-state index < -0.39 is 11.6 Å². The molecule has 2 rings (SSSR count). The minimum atomic E-state index is -1.11. The molecule has 0 saturated carbocycles. The minimum Gasteiger partial charge on any atom is -0.481 e. The Labute approximate surface area is 86.0 Å². The average molecular weight is 212 g/mol. The van der Waals surface area contributed by atoms with Gasteiger partial charge in [0.25, 0.3) is 0 Å². The molecule has 3 nitrogen and oxygen atoms in total. The number of aliphatic carboxylic acids is 1. The number of aliphatic hydroxyl groups is 1. The molecule has 76 valence electrons. The van der Waals surface area contributed by atoms with Crippen molar-refractivity contribution >= 4 is 17.3 Å². The van der Waals surface area contributed by atoms with E-state index >= 15 is 0 Å². The lowest BCUT2D eigenvalue weighted by Gasteiger charge is -2.19. The van der Waals surface area contributed by atoms with Gasteiger partial charge >= 0.3 is 5.97 Å². The molecular weight excluding hydrogens is 200 g/mol. The molecule has 2 N–H and O–H groups in total. The van der Waals surface area contributed by atoms with Crippen molar-refractivity contribution in [2.45, 2.75) is 31.8 Å². The van der Waals surface area contributed by atoms with Crippen molar-refractivity contribution in [1.82, 2.24) is 0 Å². The fraction of sp³-hybridized carbons (Fsp3) is 0.500. The summed E-state index contributed by atoms with van der Waals surface area (Å²) in [6.07, 6.45) is 1.16. The van der Waals surface area contributed by atoms with E-state index in [1.54, 1.807) is 0 Å². The third kappa shape index (κ3) is 1.44. The lowest BCUT2D eigenvalue weighted by atomic mass is 9.99. The van der Waals surface area contributed by atoms with Gasteiger partial charge in [-0.2, -0.15) is 0 Å². The molecule has 1 atom stereocenters. The molecule has 0 radical (unpaired) electrons. The Morgan fingerprint density at radius 2 is 2.43 bits per heavy atom. The van der Waals surface area contributed by atoms with E-state index in [1.807, 2.05) is 13.0 Å². The summed E-state index contributed by atoms with van der Waals surface area (Å²) in [7, 11) is 0. The highest BCUT2D eigenvalue weighted by atomic mass is 32.1. The van der Waals surface area contributed by atoms with Crippen molar-refractivity contribution in [3.63, 3.8) is 0 Å². The molecule has 1 heterocycles. The van der Waals surface area contributed by atoms with Crippen molar-refractivity contribution in [2.24, 2.45) is 0 Å². The van der Waals surface area contributed by atoms with Gasteiger partial charge in [0.05, 0.1) is 6.42 Å². The fourth-order valence-corrected chi connectivity index (χ4v) is 3.20. The summed E-state index contributed by atoms with van der Waals surface area (Å²) in [4.78, 5) is 12.6. The number of thiophene rings is 1. The number of carboxylic acids is 1. The second-order valence-corrected chi connectivity index (χ2v) is 5.07. The van der Waals surface area contributed by atoms with Crippen LogP contribution in [0, 0.1) is 6.92 Å². The van der Waals surface area contributed by atoms with Crippen LogP contribution in [0.4, 0.5) is 0 Å². The van der Waals surface area contributed by atoms with Gasteiger partial charge in [-0.15, -0.1) is 11.3 Å². The summed E-state index contributed by atoms with van der Waals surface area (Å²) >= 11 is 1.51. The molecule has 1 aromatic heterocycles. The summed E-state index contributed by atoms with van der Waals surface area (Å²) in [5.41, 5.74) is 0.0105. The Kier molecular flexibility index (Phi) is 2.12. The van der Waals surface area contributed by atoms with E-state index in [2.05, 4.69) is 0 Å². The van der Waals surface area contributed by atoms with Gasteiger partial charge in [0.1, 0.15) is 5.60 Å². The highest BCUT2D eigenvalue weighted by Gasteiger charge is 2.40. The van der Waals surface area contributed by atoms with Crippen LogP contribution in [0.25, 0.3) is 0 Å². The number of fused-ring (bicyclic) bond motifs is 1. The van der Waals surface area contributed by atoms with E-state index in [0.29, 0.717) is 6.42 Å². The SMILES string of the molecule is Cc1cc2c(s1)C(O)(CC(=O)O)CC2. The summed E-state index contributed by atoms with van der Waals surface area (Å²) in [5, 5.41) is 18.9. The minimum absolute atomic E-state index is 0.181. The molecule has 0 aromatic carbocycles. The number of hydrogen-bond donors (Lipinski definition) is 2. The summed E-state index contributed by atoms with van der Waals surface area (Å²) in [6.45, 7) is 1.98. The molecular formula is C10H12O3S. The standard InChI is InChI=1S/C10H12O3S/c1-6-4-7-2-3-10(13,5-8(11)12)9(7)14-6/h4,13H,2-3,5H2,1H3,(H,11,12). The second-order valence-electron chi connectivity index (χ2n) is 3.81. The summed E-state index contributed by atoms with van der Waals surface area (Å²) in [5.74, 6) is -0.939. The van der Waals surface area contributed by atoms with Crippen LogP contribution < -0.4 is 0 Å². The number of carboxylic acid groups (broad SMARTS) is 1. The molecule has 0 amide bonds. The van der Waals surface area contributed by atoms with E-state index in [1.165, 1.54) is 11.3 Å². The van der Waals surface area contributed by atoms with Crippen molar-refractivity contribution < 1.29 is 15.0 Å². The molecule has 1 aromatic rings. The molecule has 14 heavy (non-hydrogen) atoms. The molecule has 0 spiro atoms. The molecule has 0 bridgehead atoms. The maximum Gasteiger partial charge on any atom is 0.306 e. The maximum atomic E-state index is 10.6. The van der Waals surface area contributed by atoms with E-state index in [9.17, 15) is 9.90 Å². The Balaban J connectivity index is 2.35. The topological polar surface area (TPSA) is 57.5 Å². The van der Waals surface area contributed by atoms with Crippen LogP contribution in [0.1, 0.15) is 28.2 Å². The molecule has 0 saturated heterocycles. The van der Waals surface area contributed by atoms with Crippen molar-refractivity contribution in [3.8, 4) is 0 Å². The molecule has 0 fully saturated rings. The zero-order valence-corrected chi connectivity index (χ0v) is 8.73. The van der Waals surface area contributed by atoms with E-state index in [0.717, 1.165) is 21.7 Å². The number of aryl methyl sites for hydroxylation is 2. The van der Waals surface area contributed by atoms with Gasteiger partial charge in [0.2, 0.25) is 0 Å². The van der Waals surface area contributed by atoms with E-state index in [4.69, 9.17) is 5.11 Å². The van der Waals surface area contributed by atoms with Crippen LogP contribution >= 0.6 is 11.3 Å². The van der Waals surface area contributed by atoms with Crippen LogP contribution in [0.5, 0.6) is 0 Å². The normalized spacial score (nSPS) is 25.0. The van der Waals surface area contributed by atoms with Crippen LogP contribution in [0.2, 0.25) is 0 Å².